The number of esters is 1. The van der Waals surface area contributed by atoms with Gasteiger partial charge in [-0.15, -0.1) is 11.6 Å². The van der Waals surface area contributed by atoms with E-state index in [-0.39, 0.29) is 34.9 Å². The number of methoxy groups -OCH3 is 1. The number of hydrogen-bond acceptors (Lipinski definition) is 4. The minimum absolute atomic E-state index is 0. The molecule has 0 aliphatic rings. The fraction of sp³-hybridized carbons (Fsp3) is 0.318. The number of ether oxygens (including phenoxy) is 2. The zero-order chi connectivity index (χ0) is 23.9. The van der Waals surface area contributed by atoms with E-state index < -0.39 is 11.3 Å². The van der Waals surface area contributed by atoms with Crippen LogP contribution in [-0.2, 0) is 56.7 Å². The molecule has 7 nitrogen and oxygen atoms in total. The first kappa shape index (κ1) is 36.2. The standard InChI is InChI=1S/C19H23ClO4.3CO.Fe/c1-14(15(2)24-13-16-9-5-4-6-10-16)19(20)17(21)11-7-8-12-18(22)23-3;3*1-2;/h4-12,14-15,19H,13H2,1-3H3;;;;/b11-7+,12-8+;;;;/t14-,15-,19+;;;;/m0..../s1. The van der Waals surface area contributed by atoms with E-state index in [0.717, 1.165) is 5.56 Å². The van der Waals surface area contributed by atoms with Gasteiger partial charge >= 0.3 is 39.9 Å². The number of hydrogen-bond donors (Lipinski definition) is 0. The molecule has 0 saturated carbocycles. The van der Waals surface area contributed by atoms with Crippen molar-refractivity contribution in [2.24, 2.45) is 5.92 Å². The van der Waals surface area contributed by atoms with Crippen molar-refractivity contribution in [3.05, 3.63) is 80.2 Å². The molecule has 0 aliphatic carbocycles. The molecule has 9 heteroatoms. The van der Waals surface area contributed by atoms with Crippen LogP contribution >= 0.6 is 11.6 Å². The topological polar surface area (TPSA) is 112 Å². The number of rotatable bonds is 9. The number of benzene rings is 1. The smallest absolute Gasteiger partial charge is 0 e. The summed E-state index contributed by atoms with van der Waals surface area (Å²) in [6.45, 7) is 17.8. The van der Waals surface area contributed by atoms with Crippen LogP contribution in [0.15, 0.2) is 54.6 Å². The number of allylic oxidation sites excluding steroid dienone is 3. The molecular weight excluding hydrogens is 468 g/mol. The second-order valence-corrected chi connectivity index (χ2v) is 5.88. The minimum atomic E-state index is -0.696. The Morgan fingerprint density at radius 3 is 1.97 bits per heavy atom. The summed E-state index contributed by atoms with van der Waals surface area (Å²) in [5.41, 5.74) is 1.07. The van der Waals surface area contributed by atoms with E-state index in [2.05, 4.69) is 24.7 Å². The second kappa shape index (κ2) is 25.9. The van der Waals surface area contributed by atoms with Gasteiger partial charge < -0.3 is 9.47 Å². The van der Waals surface area contributed by atoms with Crippen LogP contribution < -0.4 is 0 Å². The van der Waals surface area contributed by atoms with Gasteiger partial charge in [-0.1, -0.05) is 49.4 Å². The molecule has 0 radical (unpaired) electrons. The minimum Gasteiger partial charge on any atom is 0 e. The van der Waals surface area contributed by atoms with Crippen molar-refractivity contribution >= 4 is 23.4 Å². The third-order valence-electron chi connectivity index (χ3n) is 3.63. The molecule has 3 atom stereocenters. The van der Waals surface area contributed by atoms with Gasteiger partial charge in [0.25, 0.3) is 0 Å². The molecule has 0 bridgehead atoms. The molecule has 0 fully saturated rings. The van der Waals surface area contributed by atoms with Crippen LogP contribution in [-0.4, -0.2) is 30.3 Å². The Kier molecular flexibility index (Phi) is 30.2. The summed E-state index contributed by atoms with van der Waals surface area (Å²) in [5, 5.41) is -0.696. The van der Waals surface area contributed by atoms with Gasteiger partial charge in [0, 0.05) is 29.1 Å². The van der Waals surface area contributed by atoms with Gasteiger partial charge in [0.1, 0.15) is 5.38 Å². The number of alkyl halides is 1. The van der Waals surface area contributed by atoms with E-state index in [9.17, 15) is 9.59 Å². The third-order valence-corrected chi connectivity index (χ3v) is 4.25. The van der Waals surface area contributed by atoms with E-state index in [1.54, 1.807) is 0 Å². The summed E-state index contributed by atoms with van der Waals surface area (Å²) in [6, 6.07) is 9.82. The molecule has 31 heavy (non-hydrogen) atoms. The summed E-state index contributed by atoms with van der Waals surface area (Å²) in [6.07, 6.45) is 5.31. The number of ketones is 1. The van der Waals surface area contributed by atoms with Gasteiger partial charge in [0.05, 0.1) is 19.8 Å². The maximum absolute atomic E-state index is 12.1. The summed E-state index contributed by atoms with van der Waals surface area (Å²) < 4.78 is 32.7. The predicted molar refractivity (Wildman–Crippen MR) is 107 cm³/mol. The fourth-order valence-electron chi connectivity index (χ4n) is 1.90. The van der Waals surface area contributed by atoms with Crippen LogP contribution in [0.1, 0.15) is 19.4 Å². The summed E-state index contributed by atoms with van der Waals surface area (Å²) >= 11 is 6.23. The first-order valence-corrected chi connectivity index (χ1v) is 8.76. The van der Waals surface area contributed by atoms with Crippen molar-refractivity contribution in [2.75, 3.05) is 7.11 Å². The average molecular weight is 491 g/mol. The zero-order valence-corrected chi connectivity index (χ0v) is 19.1. The van der Waals surface area contributed by atoms with Gasteiger partial charge in [-0.2, -0.15) is 0 Å². The first-order valence-electron chi connectivity index (χ1n) is 8.33. The largest absolute Gasteiger partial charge is 0 e. The number of carbonyl (C=O) groups is 2. The maximum Gasteiger partial charge on any atom is 0 e. The molecule has 0 unspecified atom stereocenters. The molecule has 168 valence electrons. The molecule has 0 N–H and O–H groups in total. The summed E-state index contributed by atoms with van der Waals surface area (Å²) in [5.74, 6) is -0.864. The molecule has 1 aromatic carbocycles. The average Bonchev–Trinajstić information content (AvgIpc) is 2.83. The number of carbonyl (C=O) groups excluding carboxylic acids is 2. The quantitative estimate of drug-likeness (QED) is 0.100. The van der Waals surface area contributed by atoms with Gasteiger partial charge in [0.2, 0.25) is 0 Å². The van der Waals surface area contributed by atoms with E-state index >= 15 is 0 Å². The van der Waals surface area contributed by atoms with Crippen LogP contribution in [0, 0.1) is 25.9 Å². The van der Waals surface area contributed by atoms with Crippen LogP contribution in [0.25, 0.3) is 0 Å². The monoisotopic (exact) mass is 490 g/mol. The van der Waals surface area contributed by atoms with Crippen LogP contribution in [0.2, 0.25) is 0 Å². The Morgan fingerprint density at radius 1 is 1.00 bits per heavy atom. The number of halogens is 1. The third kappa shape index (κ3) is 18.3. The zero-order valence-electron chi connectivity index (χ0n) is 17.2. The van der Waals surface area contributed by atoms with Crippen molar-refractivity contribution in [2.45, 2.75) is 31.9 Å². The van der Waals surface area contributed by atoms with E-state index in [1.165, 1.54) is 31.4 Å². The molecule has 0 aliphatic heterocycles. The van der Waals surface area contributed by atoms with Crippen molar-refractivity contribution in [1.82, 2.24) is 0 Å². The maximum atomic E-state index is 12.1. The molecule has 1 rings (SSSR count). The predicted octanol–water partition coefficient (Wildman–Crippen LogP) is 3.57. The van der Waals surface area contributed by atoms with Gasteiger partial charge in [-0.25, -0.2) is 4.79 Å². The second-order valence-electron chi connectivity index (χ2n) is 5.41. The van der Waals surface area contributed by atoms with Gasteiger partial charge in [-0.3, -0.25) is 4.79 Å². The van der Waals surface area contributed by atoms with Crippen molar-refractivity contribution < 1.29 is 50.1 Å². The molecule has 0 aromatic heterocycles. The molecular formula is C22H23ClFeO7. The van der Waals surface area contributed by atoms with E-state index in [1.807, 2.05) is 44.2 Å². The normalized spacial score (nSPS) is 12.1. The Balaban J connectivity index is -0.000000477. The Labute approximate surface area is 198 Å². The Hall–Kier alpha value is -2.17. The first-order chi connectivity index (χ1) is 14.5. The van der Waals surface area contributed by atoms with Crippen molar-refractivity contribution in [3.63, 3.8) is 0 Å². The molecule has 1 aromatic rings. The van der Waals surface area contributed by atoms with Gasteiger partial charge in [0.15, 0.2) is 5.78 Å². The molecule has 0 amide bonds. The molecule has 0 spiro atoms. The SMILES string of the molecule is COC(=O)/C=C/C=C/C(=O)[C@H](Cl)[C@@H](C)[C@H](C)OCc1ccccc1.[C-]#[O+].[C-]#[O+].[C-]#[O+].[Fe]. The van der Waals surface area contributed by atoms with Crippen LogP contribution in [0.3, 0.4) is 0 Å². The Bertz CT molecular complexity index is 697. The van der Waals surface area contributed by atoms with Gasteiger partial charge in [-0.05, 0) is 18.6 Å². The molecule has 0 heterocycles. The summed E-state index contributed by atoms with van der Waals surface area (Å²) in [7, 11) is 1.29. The Morgan fingerprint density at radius 2 is 1.48 bits per heavy atom. The summed E-state index contributed by atoms with van der Waals surface area (Å²) in [4.78, 5) is 23.0. The van der Waals surface area contributed by atoms with E-state index in [4.69, 9.17) is 30.3 Å². The van der Waals surface area contributed by atoms with E-state index in [0.29, 0.717) is 6.61 Å². The van der Waals surface area contributed by atoms with Crippen molar-refractivity contribution in [3.8, 4) is 0 Å². The van der Waals surface area contributed by atoms with Crippen molar-refractivity contribution in [1.29, 1.82) is 0 Å². The van der Waals surface area contributed by atoms with Crippen LogP contribution in [0.4, 0.5) is 0 Å². The fourth-order valence-corrected chi connectivity index (χ4v) is 2.17. The van der Waals surface area contributed by atoms with Crippen LogP contribution in [0.5, 0.6) is 0 Å². The molecule has 0 saturated heterocycles.